The van der Waals surface area contributed by atoms with E-state index < -0.39 is 0 Å². The third-order valence-corrected chi connectivity index (χ3v) is 5.91. The Bertz CT molecular complexity index is 754. The van der Waals surface area contributed by atoms with Crippen LogP contribution in [0.25, 0.3) is 11.1 Å². The van der Waals surface area contributed by atoms with E-state index in [1.54, 1.807) is 0 Å². The van der Waals surface area contributed by atoms with Gasteiger partial charge in [-0.3, -0.25) is 4.79 Å². The molecule has 4 atom stereocenters. The molecule has 2 N–H and O–H groups in total. The van der Waals surface area contributed by atoms with Gasteiger partial charge in [-0.2, -0.15) is 4.98 Å². The van der Waals surface area contributed by atoms with Crippen molar-refractivity contribution in [2.75, 3.05) is 11.9 Å². The van der Waals surface area contributed by atoms with Crippen LogP contribution in [-0.2, 0) is 0 Å². The average Bonchev–Trinajstić information content (AvgIpc) is 3.02. The molecule has 4 rings (SSSR count). The predicted molar refractivity (Wildman–Crippen MR) is 94.0 cm³/mol. The summed E-state index contributed by atoms with van der Waals surface area (Å²) in [5.74, 6) is 2.10. The highest BCUT2D eigenvalue weighted by Crippen LogP contribution is 2.46. The molecule has 0 saturated heterocycles. The molecule has 2 saturated carbocycles. The van der Waals surface area contributed by atoms with Crippen molar-refractivity contribution < 1.29 is 9.21 Å². The number of hydrogen-bond acceptors (Lipinski definition) is 4. The molecule has 5 heteroatoms. The summed E-state index contributed by atoms with van der Waals surface area (Å²) in [7, 11) is 0. The van der Waals surface area contributed by atoms with E-state index in [-0.39, 0.29) is 5.91 Å². The van der Waals surface area contributed by atoms with Gasteiger partial charge in [0.25, 0.3) is 11.9 Å². The summed E-state index contributed by atoms with van der Waals surface area (Å²) in [4.78, 5) is 17.3. The second-order valence-electron chi connectivity index (χ2n) is 7.23. The van der Waals surface area contributed by atoms with Crippen molar-refractivity contribution in [1.82, 2.24) is 10.3 Å². The number of oxazole rings is 1. The molecule has 0 aliphatic heterocycles. The van der Waals surface area contributed by atoms with E-state index in [4.69, 9.17) is 4.42 Å². The molecule has 128 valence electrons. The Hall–Kier alpha value is -2.04. The number of rotatable bonds is 4. The Morgan fingerprint density at radius 1 is 1.38 bits per heavy atom. The summed E-state index contributed by atoms with van der Waals surface area (Å²) in [5, 5.41) is 6.35. The number of benzene rings is 1. The van der Waals surface area contributed by atoms with Crippen LogP contribution in [-0.4, -0.2) is 23.5 Å². The second-order valence-corrected chi connectivity index (χ2v) is 7.23. The Kier molecular flexibility index (Phi) is 3.94. The minimum absolute atomic E-state index is 0.0262. The van der Waals surface area contributed by atoms with Crippen molar-refractivity contribution in [2.45, 2.75) is 45.6 Å². The van der Waals surface area contributed by atoms with E-state index in [0.717, 1.165) is 24.8 Å². The quantitative estimate of drug-likeness (QED) is 0.896. The first-order valence-corrected chi connectivity index (χ1v) is 9.11. The fourth-order valence-corrected chi connectivity index (χ4v) is 4.66. The highest BCUT2D eigenvalue weighted by Gasteiger charge is 2.43. The summed E-state index contributed by atoms with van der Waals surface area (Å²) in [5.41, 5.74) is 1.90. The van der Waals surface area contributed by atoms with E-state index >= 15 is 0 Å². The zero-order chi connectivity index (χ0) is 16.7. The number of para-hydroxylation sites is 1. The van der Waals surface area contributed by atoms with Gasteiger partial charge in [0, 0.05) is 12.6 Å². The SMILES string of the molecule is CCNc1nc2c(C(=O)NC3CC4CCCC3C4C)cccc2o1. The molecule has 2 aromatic rings. The molecule has 2 fully saturated rings. The summed E-state index contributed by atoms with van der Waals surface area (Å²) >= 11 is 0. The highest BCUT2D eigenvalue weighted by atomic mass is 16.4. The fraction of sp³-hybridized carbons (Fsp3) is 0.579. The first-order chi connectivity index (χ1) is 11.7. The molecule has 2 aliphatic carbocycles. The van der Waals surface area contributed by atoms with Crippen LogP contribution < -0.4 is 10.6 Å². The van der Waals surface area contributed by atoms with E-state index in [1.807, 2.05) is 25.1 Å². The highest BCUT2D eigenvalue weighted by molar-refractivity contribution is 6.04. The van der Waals surface area contributed by atoms with Gasteiger partial charge in [0.15, 0.2) is 5.58 Å². The van der Waals surface area contributed by atoms with Gasteiger partial charge in [-0.15, -0.1) is 0 Å². The third kappa shape index (κ3) is 2.56. The summed E-state index contributed by atoms with van der Waals surface area (Å²) in [6, 6.07) is 6.31. The zero-order valence-corrected chi connectivity index (χ0v) is 14.3. The number of amides is 1. The molecule has 2 aliphatic rings. The normalized spacial score (nSPS) is 28.9. The molecule has 2 bridgehead atoms. The van der Waals surface area contributed by atoms with Crippen LogP contribution in [0.2, 0.25) is 0 Å². The molecule has 24 heavy (non-hydrogen) atoms. The summed E-state index contributed by atoms with van der Waals surface area (Å²) < 4.78 is 5.65. The molecule has 0 radical (unpaired) electrons. The number of carbonyl (C=O) groups excluding carboxylic acids is 1. The van der Waals surface area contributed by atoms with Gasteiger partial charge in [0.1, 0.15) is 5.52 Å². The maximum Gasteiger partial charge on any atom is 0.295 e. The van der Waals surface area contributed by atoms with Crippen LogP contribution >= 0.6 is 0 Å². The van der Waals surface area contributed by atoms with Crippen LogP contribution in [0.1, 0.15) is 49.9 Å². The number of anilines is 1. The Balaban J connectivity index is 1.57. The van der Waals surface area contributed by atoms with Crippen molar-refractivity contribution in [3.05, 3.63) is 23.8 Å². The van der Waals surface area contributed by atoms with Crippen LogP contribution in [0.3, 0.4) is 0 Å². The lowest BCUT2D eigenvalue weighted by molar-refractivity contribution is 0.0924. The van der Waals surface area contributed by atoms with E-state index in [0.29, 0.717) is 34.6 Å². The summed E-state index contributed by atoms with van der Waals surface area (Å²) in [6.07, 6.45) is 4.97. The first-order valence-electron chi connectivity index (χ1n) is 9.11. The molecule has 1 amide bonds. The first kappa shape index (κ1) is 15.5. The number of aromatic nitrogens is 1. The zero-order valence-electron chi connectivity index (χ0n) is 14.3. The topological polar surface area (TPSA) is 67.2 Å². The van der Waals surface area contributed by atoms with Crippen molar-refractivity contribution >= 4 is 23.0 Å². The number of fused-ring (bicyclic) bond motifs is 3. The van der Waals surface area contributed by atoms with E-state index in [9.17, 15) is 4.79 Å². The molecule has 1 heterocycles. The van der Waals surface area contributed by atoms with Gasteiger partial charge in [-0.25, -0.2) is 0 Å². The maximum atomic E-state index is 12.9. The lowest BCUT2D eigenvalue weighted by Crippen LogP contribution is -2.38. The molecule has 5 nitrogen and oxygen atoms in total. The largest absolute Gasteiger partial charge is 0.424 e. The van der Waals surface area contributed by atoms with Gasteiger partial charge in [-0.1, -0.05) is 25.8 Å². The van der Waals surface area contributed by atoms with Gasteiger partial charge < -0.3 is 15.1 Å². The summed E-state index contributed by atoms with van der Waals surface area (Å²) in [6.45, 7) is 5.07. The van der Waals surface area contributed by atoms with Crippen molar-refractivity contribution in [1.29, 1.82) is 0 Å². The lowest BCUT2D eigenvalue weighted by Gasteiger charge is -2.28. The minimum atomic E-state index is -0.0262. The monoisotopic (exact) mass is 327 g/mol. The average molecular weight is 327 g/mol. The molecule has 0 spiro atoms. The van der Waals surface area contributed by atoms with Crippen molar-refractivity contribution in [3.8, 4) is 0 Å². The van der Waals surface area contributed by atoms with E-state index in [2.05, 4.69) is 22.5 Å². The number of hydrogen-bond donors (Lipinski definition) is 2. The Labute approximate surface area is 142 Å². The Morgan fingerprint density at radius 3 is 3.04 bits per heavy atom. The fourth-order valence-electron chi connectivity index (χ4n) is 4.66. The number of nitrogens with one attached hydrogen (secondary N) is 2. The Morgan fingerprint density at radius 2 is 2.25 bits per heavy atom. The number of nitrogens with zero attached hydrogens (tertiary/aromatic N) is 1. The van der Waals surface area contributed by atoms with Crippen molar-refractivity contribution in [3.63, 3.8) is 0 Å². The molecule has 4 unspecified atom stereocenters. The van der Waals surface area contributed by atoms with Crippen molar-refractivity contribution in [2.24, 2.45) is 17.8 Å². The third-order valence-electron chi connectivity index (χ3n) is 5.91. The smallest absolute Gasteiger partial charge is 0.295 e. The minimum Gasteiger partial charge on any atom is -0.424 e. The standard InChI is InChI=1S/C19H25N3O2/c1-3-20-19-22-17-14(8-5-9-16(17)24-19)18(23)21-15-10-12-6-4-7-13(15)11(12)2/h5,8-9,11-13,15H,3-4,6-7,10H2,1-2H3,(H,20,22)(H,21,23). The molecule has 1 aromatic heterocycles. The maximum absolute atomic E-state index is 12.9. The van der Waals surface area contributed by atoms with Crippen LogP contribution in [0, 0.1) is 17.8 Å². The molecular weight excluding hydrogens is 302 g/mol. The van der Waals surface area contributed by atoms with Gasteiger partial charge in [0.2, 0.25) is 0 Å². The van der Waals surface area contributed by atoms with E-state index in [1.165, 1.54) is 19.3 Å². The van der Waals surface area contributed by atoms with Gasteiger partial charge in [-0.05, 0) is 49.7 Å². The van der Waals surface area contributed by atoms with Gasteiger partial charge in [0.05, 0.1) is 5.56 Å². The van der Waals surface area contributed by atoms with Crippen LogP contribution in [0.5, 0.6) is 0 Å². The molecular formula is C19H25N3O2. The molecule has 1 aromatic carbocycles. The predicted octanol–water partition coefficient (Wildman–Crippen LogP) is 3.81. The van der Waals surface area contributed by atoms with Gasteiger partial charge >= 0.3 is 0 Å². The van der Waals surface area contributed by atoms with Crippen LogP contribution in [0.4, 0.5) is 6.01 Å². The second kappa shape index (κ2) is 6.11. The lowest BCUT2D eigenvalue weighted by atomic mass is 9.79. The van der Waals surface area contributed by atoms with Crippen LogP contribution in [0.15, 0.2) is 22.6 Å². The number of carbonyl (C=O) groups is 1.